The Bertz CT molecular complexity index is 417. The van der Waals surface area contributed by atoms with Gasteiger partial charge in [0.05, 0.1) is 0 Å². The third-order valence-corrected chi connectivity index (χ3v) is 2.66. The Hall–Kier alpha value is -0.900. The molecule has 1 aromatic carbocycles. The molecule has 14 heavy (non-hydrogen) atoms. The van der Waals surface area contributed by atoms with Gasteiger partial charge in [0.2, 0.25) is 0 Å². The quantitative estimate of drug-likeness (QED) is 0.732. The molecule has 0 saturated carbocycles. The largest absolute Gasteiger partial charge is 0.264 e. The Labute approximate surface area is 97.3 Å². The van der Waals surface area contributed by atoms with Crippen LogP contribution in [0.3, 0.4) is 0 Å². The molecule has 70 valence electrons. The van der Waals surface area contributed by atoms with Gasteiger partial charge in [-0.1, -0.05) is 12.1 Å². The summed E-state index contributed by atoms with van der Waals surface area (Å²) in [5.41, 5.74) is 3.70. The van der Waals surface area contributed by atoms with E-state index in [2.05, 4.69) is 58.8 Å². The van der Waals surface area contributed by atoms with Crippen LogP contribution in [0.25, 0.3) is 11.1 Å². The van der Waals surface area contributed by atoms with Gasteiger partial charge in [0, 0.05) is 21.5 Å². The topological polar surface area (TPSA) is 12.9 Å². The SMILES string of the molecule is Cc1cc(I)cc(-c2cccnc2)c1. The van der Waals surface area contributed by atoms with Gasteiger partial charge in [-0.25, -0.2) is 0 Å². The maximum atomic E-state index is 4.12. The zero-order chi connectivity index (χ0) is 9.97. The van der Waals surface area contributed by atoms with Crippen molar-refractivity contribution in [1.82, 2.24) is 4.98 Å². The fourth-order valence-electron chi connectivity index (χ4n) is 1.44. The van der Waals surface area contributed by atoms with E-state index >= 15 is 0 Å². The van der Waals surface area contributed by atoms with Gasteiger partial charge in [0.15, 0.2) is 0 Å². The van der Waals surface area contributed by atoms with E-state index in [0.717, 1.165) is 0 Å². The van der Waals surface area contributed by atoms with E-state index in [0.29, 0.717) is 0 Å². The maximum Gasteiger partial charge on any atom is 0.0346 e. The number of pyridine rings is 1. The third-order valence-electron chi connectivity index (χ3n) is 2.04. The van der Waals surface area contributed by atoms with Crippen LogP contribution in [0.4, 0.5) is 0 Å². The molecule has 2 aromatic rings. The van der Waals surface area contributed by atoms with Crippen LogP contribution < -0.4 is 0 Å². The predicted molar refractivity (Wildman–Crippen MR) is 67.1 cm³/mol. The maximum absolute atomic E-state index is 4.12. The molecule has 0 fully saturated rings. The molecule has 1 aromatic heterocycles. The zero-order valence-electron chi connectivity index (χ0n) is 7.87. The van der Waals surface area contributed by atoms with Crippen LogP contribution in [-0.2, 0) is 0 Å². The molecule has 0 aliphatic rings. The smallest absolute Gasteiger partial charge is 0.0346 e. The van der Waals surface area contributed by atoms with E-state index in [1.54, 1.807) is 6.20 Å². The fourth-order valence-corrected chi connectivity index (χ4v) is 2.26. The average Bonchev–Trinajstić information content (AvgIpc) is 2.18. The van der Waals surface area contributed by atoms with Crippen LogP contribution in [-0.4, -0.2) is 4.98 Å². The van der Waals surface area contributed by atoms with Crippen LogP contribution in [0, 0.1) is 10.5 Å². The summed E-state index contributed by atoms with van der Waals surface area (Å²) in [6.07, 6.45) is 3.69. The van der Waals surface area contributed by atoms with Gasteiger partial charge < -0.3 is 0 Å². The lowest BCUT2D eigenvalue weighted by molar-refractivity contribution is 1.32. The molecule has 0 unspecified atom stereocenters. The number of benzene rings is 1. The number of hydrogen-bond donors (Lipinski definition) is 0. The van der Waals surface area contributed by atoms with Gasteiger partial charge in [-0.05, 0) is 58.8 Å². The highest BCUT2D eigenvalue weighted by molar-refractivity contribution is 14.1. The number of halogens is 1. The van der Waals surface area contributed by atoms with E-state index in [9.17, 15) is 0 Å². The van der Waals surface area contributed by atoms with E-state index < -0.39 is 0 Å². The van der Waals surface area contributed by atoms with Crippen molar-refractivity contribution in [3.05, 3.63) is 51.9 Å². The first-order chi connectivity index (χ1) is 6.75. The van der Waals surface area contributed by atoms with Gasteiger partial charge in [-0.15, -0.1) is 0 Å². The van der Waals surface area contributed by atoms with Crippen molar-refractivity contribution in [2.24, 2.45) is 0 Å². The summed E-state index contributed by atoms with van der Waals surface area (Å²) >= 11 is 2.34. The van der Waals surface area contributed by atoms with Crippen LogP contribution in [0.15, 0.2) is 42.7 Å². The first kappa shape index (κ1) is 9.65. The van der Waals surface area contributed by atoms with Crippen molar-refractivity contribution < 1.29 is 0 Å². The summed E-state index contributed by atoms with van der Waals surface area (Å²) in [6, 6.07) is 10.6. The van der Waals surface area contributed by atoms with Gasteiger partial charge in [-0.2, -0.15) is 0 Å². The molecule has 2 heteroatoms. The Morgan fingerprint density at radius 2 is 2.00 bits per heavy atom. The average molecular weight is 295 g/mol. The van der Waals surface area contributed by atoms with Crippen molar-refractivity contribution in [2.75, 3.05) is 0 Å². The predicted octanol–water partition coefficient (Wildman–Crippen LogP) is 3.66. The first-order valence-corrected chi connectivity index (χ1v) is 5.51. The van der Waals surface area contributed by atoms with Crippen LogP contribution in [0.2, 0.25) is 0 Å². The van der Waals surface area contributed by atoms with Gasteiger partial charge in [0.25, 0.3) is 0 Å². The molecule has 0 bridgehead atoms. The zero-order valence-corrected chi connectivity index (χ0v) is 10.0. The van der Waals surface area contributed by atoms with Crippen molar-refractivity contribution in [3.8, 4) is 11.1 Å². The Morgan fingerprint density at radius 1 is 1.14 bits per heavy atom. The van der Waals surface area contributed by atoms with Crippen LogP contribution in [0.5, 0.6) is 0 Å². The van der Waals surface area contributed by atoms with Crippen molar-refractivity contribution in [1.29, 1.82) is 0 Å². The molecule has 1 nitrogen and oxygen atoms in total. The number of aromatic nitrogens is 1. The highest BCUT2D eigenvalue weighted by atomic mass is 127. The second-order valence-corrected chi connectivity index (χ2v) is 4.50. The third kappa shape index (κ3) is 2.12. The summed E-state index contributed by atoms with van der Waals surface area (Å²) < 4.78 is 1.27. The minimum atomic E-state index is 1.18. The molecule has 0 spiro atoms. The lowest BCUT2D eigenvalue weighted by Gasteiger charge is -2.03. The summed E-state index contributed by atoms with van der Waals surface area (Å²) in [7, 11) is 0. The molecule has 2 rings (SSSR count). The second-order valence-electron chi connectivity index (χ2n) is 3.26. The Morgan fingerprint density at radius 3 is 2.64 bits per heavy atom. The number of aryl methyl sites for hydroxylation is 1. The molecule has 0 N–H and O–H groups in total. The molecule has 0 atom stereocenters. The fraction of sp³-hybridized carbons (Fsp3) is 0.0833. The highest BCUT2D eigenvalue weighted by Gasteiger charge is 1.99. The Balaban J connectivity index is 2.52. The lowest BCUT2D eigenvalue weighted by Crippen LogP contribution is -1.82. The van der Waals surface area contributed by atoms with E-state index in [1.807, 2.05) is 12.3 Å². The van der Waals surface area contributed by atoms with Crippen molar-refractivity contribution in [3.63, 3.8) is 0 Å². The van der Waals surface area contributed by atoms with E-state index in [4.69, 9.17) is 0 Å². The van der Waals surface area contributed by atoms with E-state index in [1.165, 1.54) is 20.3 Å². The van der Waals surface area contributed by atoms with Crippen molar-refractivity contribution in [2.45, 2.75) is 6.92 Å². The summed E-state index contributed by atoms with van der Waals surface area (Å²) in [5, 5.41) is 0. The molecule has 0 amide bonds. The second kappa shape index (κ2) is 4.09. The first-order valence-electron chi connectivity index (χ1n) is 4.43. The summed E-state index contributed by atoms with van der Waals surface area (Å²) in [4.78, 5) is 4.12. The van der Waals surface area contributed by atoms with Gasteiger partial charge in [0.1, 0.15) is 0 Å². The van der Waals surface area contributed by atoms with Crippen LogP contribution in [0.1, 0.15) is 5.56 Å². The highest BCUT2D eigenvalue weighted by Crippen LogP contribution is 2.21. The molecular formula is C12H10IN. The molecular weight excluding hydrogens is 285 g/mol. The number of rotatable bonds is 1. The summed E-state index contributed by atoms with van der Waals surface area (Å²) in [6.45, 7) is 2.11. The number of hydrogen-bond acceptors (Lipinski definition) is 1. The molecule has 0 aliphatic carbocycles. The van der Waals surface area contributed by atoms with E-state index in [-0.39, 0.29) is 0 Å². The minimum Gasteiger partial charge on any atom is -0.264 e. The molecule has 0 radical (unpaired) electrons. The molecule has 0 aliphatic heterocycles. The van der Waals surface area contributed by atoms with Gasteiger partial charge >= 0.3 is 0 Å². The standard InChI is InChI=1S/C12H10IN/c1-9-5-11(7-12(13)6-9)10-3-2-4-14-8-10/h2-8H,1H3. The molecule has 1 heterocycles. The Kier molecular flexibility index (Phi) is 2.82. The monoisotopic (exact) mass is 295 g/mol. The van der Waals surface area contributed by atoms with Crippen molar-refractivity contribution >= 4 is 22.6 Å². The summed E-state index contributed by atoms with van der Waals surface area (Å²) in [5.74, 6) is 0. The van der Waals surface area contributed by atoms with Gasteiger partial charge in [-0.3, -0.25) is 4.98 Å². The minimum absolute atomic E-state index is 1.18. The number of nitrogens with zero attached hydrogens (tertiary/aromatic N) is 1. The molecule has 0 saturated heterocycles. The lowest BCUT2D eigenvalue weighted by atomic mass is 10.1. The normalized spacial score (nSPS) is 10.1. The van der Waals surface area contributed by atoms with Crippen LogP contribution >= 0.6 is 22.6 Å².